The zero-order valence-corrected chi connectivity index (χ0v) is 25.8. The highest BCUT2D eigenvalue weighted by molar-refractivity contribution is 6.39. The van der Waals surface area contributed by atoms with Gasteiger partial charge in [-0.1, -0.05) is 56.0 Å². The molecule has 1 unspecified atom stereocenters. The van der Waals surface area contributed by atoms with Crippen LogP contribution in [0.4, 0.5) is 43.9 Å². The molecule has 0 bridgehead atoms. The first-order valence-corrected chi connectivity index (χ1v) is 14.7. The first-order chi connectivity index (χ1) is 20.8. The smallest absolute Gasteiger partial charge is 0.388 e. The molecule has 3 rings (SSSR count). The summed E-state index contributed by atoms with van der Waals surface area (Å²) in [5.41, 5.74) is -0.161. The molecule has 0 aromatic heterocycles. The Morgan fingerprint density at radius 2 is 1.31 bits per heavy atom. The molecule has 0 saturated heterocycles. The summed E-state index contributed by atoms with van der Waals surface area (Å²) >= 11 is 12.6. The maximum Gasteiger partial charge on any atom is 0.423 e. The molecule has 0 radical (unpaired) electrons. The average molecular weight is 700 g/mol. The van der Waals surface area contributed by atoms with Gasteiger partial charge in [-0.3, -0.25) is 0 Å². The van der Waals surface area contributed by atoms with E-state index in [-0.39, 0.29) is 0 Å². The van der Waals surface area contributed by atoms with Crippen LogP contribution in [0, 0.1) is 0 Å². The lowest BCUT2D eigenvalue weighted by Gasteiger charge is -2.24. The van der Waals surface area contributed by atoms with Gasteiger partial charge in [0.05, 0.1) is 11.7 Å². The molecule has 1 atom stereocenters. The molecule has 0 aliphatic rings. The van der Waals surface area contributed by atoms with Crippen LogP contribution >= 0.6 is 23.2 Å². The Bertz CT molecular complexity index is 1360. The molecule has 15 heteroatoms. The number of nitrogens with zero attached hydrogens (tertiary/aromatic N) is 1. The molecular formula is C30H33Cl2F10NO2. The van der Waals surface area contributed by atoms with Gasteiger partial charge in [-0.2, -0.15) is 39.5 Å². The average Bonchev–Trinajstić information content (AvgIpc) is 2.93. The maximum atomic E-state index is 13.4. The minimum atomic E-state index is -5.63. The van der Waals surface area contributed by atoms with Crippen LogP contribution in [0.1, 0.15) is 63.2 Å². The Labute approximate surface area is 264 Å². The number of hydrogen-bond acceptors (Lipinski definition) is 3. The minimum absolute atomic E-state index is 0.345. The number of unbranched alkanes of at least 4 members (excludes halogenated alkanes) is 2. The van der Waals surface area contributed by atoms with Crippen molar-refractivity contribution in [3.63, 3.8) is 0 Å². The lowest BCUT2D eigenvalue weighted by atomic mass is 9.92. The van der Waals surface area contributed by atoms with Crippen LogP contribution in [0.25, 0.3) is 21.5 Å². The fourth-order valence-corrected chi connectivity index (χ4v) is 5.20. The van der Waals surface area contributed by atoms with Crippen molar-refractivity contribution in [3.8, 4) is 0 Å². The van der Waals surface area contributed by atoms with Crippen LogP contribution in [-0.2, 0) is 10.9 Å². The summed E-state index contributed by atoms with van der Waals surface area (Å²) in [7, 11) is 0. The summed E-state index contributed by atoms with van der Waals surface area (Å²) in [4.78, 5) is 2.36. The third kappa shape index (κ3) is 11.3. The van der Waals surface area contributed by atoms with E-state index in [4.69, 9.17) is 23.2 Å². The second kappa shape index (κ2) is 16.7. The molecule has 3 aromatic carbocycles. The van der Waals surface area contributed by atoms with Crippen LogP contribution in [0.2, 0.25) is 10.0 Å². The van der Waals surface area contributed by atoms with Crippen LogP contribution < -0.4 is 0 Å². The fraction of sp³-hybridized carbons (Fsp3) is 0.533. The van der Waals surface area contributed by atoms with E-state index in [0.717, 1.165) is 57.5 Å². The Kier molecular flexibility index (Phi) is 14.5. The van der Waals surface area contributed by atoms with E-state index in [9.17, 15) is 49.0 Å². The van der Waals surface area contributed by atoms with Crippen molar-refractivity contribution in [2.75, 3.05) is 26.5 Å². The standard InChI is InChI=1S/C26H30Cl2F3NO.C4H3F7O/c1-3-5-10-32(11-6-4-2)12-9-25(33)23-16-22-21(14-18(27)15-24(22)28)20-13-17(26(29,30)31)7-8-19(20)23;5-1-12-2(3(6,7)8)4(9,10)11/h7-8,13-16,25,33H,3-6,9-12H2,1-2H3;2H,1H2. The molecule has 0 aliphatic heterocycles. The first kappa shape index (κ1) is 39.1. The Hall–Kier alpha value is -2.06. The molecule has 1 N–H and O–H groups in total. The third-order valence-corrected chi connectivity index (χ3v) is 7.43. The Balaban J connectivity index is 0.000000498. The zero-order valence-electron chi connectivity index (χ0n) is 24.3. The number of ether oxygens (including phenoxy) is 1. The second-order valence-electron chi connectivity index (χ2n) is 10.3. The largest absolute Gasteiger partial charge is 0.423 e. The van der Waals surface area contributed by atoms with Gasteiger partial charge in [0.1, 0.15) is 0 Å². The van der Waals surface area contributed by atoms with Gasteiger partial charge in [-0.05, 0) is 84.4 Å². The van der Waals surface area contributed by atoms with Gasteiger partial charge < -0.3 is 14.7 Å². The van der Waals surface area contributed by atoms with Crippen molar-refractivity contribution >= 4 is 44.7 Å². The van der Waals surface area contributed by atoms with Crippen molar-refractivity contribution in [1.29, 1.82) is 0 Å². The summed E-state index contributed by atoms with van der Waals surface area (Å²) < 4.78 is 123. The predicted molar refractivity (Wildman–Crippen MR) is 155 cm³/mol. The van der Waals surface area contributed by atoms with Gasteiger partial charge in [0, 0.05) is 22.0 Å². The monoisotopic (exact) mass is 699 g/mol. The highest BCUT2D eigenvalue weighted by Gasteiger charge is 2.58. The van der Waals surface area contributed by atoms with E-state index in [1.807, 2.05) is 0 Å². The molecule has 3 aromatic rings. The topological polar surface area (TPSA) is 32.7 Å². The maximum absolute atomic E-state index is 13.4. The van der Waals surface area contributed by atoms with Crippen LogP contribution in [-0.4, -0.2) is 55.0 Å². The SMILES string of the molecule is CCCCN(CCCC)CCC(O)c1cc2c(Cl)cc(Cl)cc2c2cc(C(F)(F)F)ccc12.FCOC(C(F)(F)F)C(F)(F)F. The number of aliphatic hydroxyl groups excluding tert-OH is 1. The Morgan fingerprint density at radius 1 is 0.756 bits per heavy atom. The summed E-state index contributed by atoms with van der Waals surface area (Å²) in [5.74, 6) is 0. The summed E-state index contributed by atoms with van der Waals surface area (Å²) in [6.07, 6.45) is -15.7. The predicted octanol–water partition coefficient (Wildman–Crippen LogP) is 11.1. The van der Waals surface area contributed by atoms with Gasteiger partial charge in [0.2, 0.25) is 0 Å². The number of rotatable bonds is 12. The zero-order chi connectivity index (χ0) is 34.2. The highest BCUT2D eigenvalue weighted by Crippen LogP contribution is 2.41. The van der Waals surface area contributed by atoms with E-state index in [1.54, 1.807) is 18.2 Å². The molecular weight excluding hydrogens is 667 g/mol. The lowest BCUT2D eigenvalue weighted by Crippen LogP contribution is -2.44. The van der Waals surface area contributed by atoms with Gasteiger partial charge in [-0.25, -0.2) is 4.39 Å². The van der Waals surface area contributed by atoms with E-state index < -0.39 is 43.2 Å². The normalized spacial score (nSPS) is 13.5. The number of hydrogen-bond donors (Lipinski definition) is 1. The van der Waals surface area contributed by atoms with Crippen molar-refractivity contribution in [1.82, 2.24) is 4.90 Å². The second-order valence-corrected chi connectivity index (χ2v) is 11.1. The van der Waals surface area contributed by atoms with Crippen LogP contribution in [0.3, 0.4) is 0 Å². The van der Waals surface area contributed by atoms with Crippen molar-refractivity contribution < 1.29 is 53.7 Å². The molecule has 0 saturated carbocycles. The van der Waals surface area contributed by atoms with E-state index in [2.05, 4.69) is 23.5 Å². The molecule has 0 fully saturated rings. The number of aliphatic hydroxyl groups is 1. The van der Waals surface area contributed by atoms with E-state index >= 15 is 0 Å². The molecule has 0 heterocycles. The van der Waals surface area contributed by atoms with Crippen molar-refractivity contribution in [3.05, 3.63) is 57.6 Å². The third-order valence-electron chi connectivity index (χ3n) is 6.90. The summed E-state index contributed by atoms with van der Waals surface area (Å²) in [5, 5.41) is 13.9. The molecule has 0 spiro atoms. The van der Waals surface area contributed by atoms with Crippen molar-refractivity contribution in [2.45, 2.75) is 76.7 Å². The molecule has 254 valence electrons. The quantitative estimate of drug-likeness (QED) is 0.151. The van der Waals surface area contributed by atoms with Gasteiger partial charge >= 0.3 is 18.5 Å². The molecule has 0 amide bonds. The number of halogens is 12. The molecule has 45 heavy (non-hydrogen) atoms. The van der Waals surface area contributed by atoms with Crippen LogP contribution in [0.15, 0.2) is 36.4 Å². The van der Waals surface area contributed by atoms with E-state index in [1.165, 1.54) is 6.07 Å². The highest BCUT2D eigenvalue weighted by atomic mass is 35.5. The molecule has 3 nitrogen and oxygen atoms in total. The lowest BCUT2D eigenvalue weighted by molar-refractivity contribution is -0.327. The summed E-state index contributed by atoms with van der Waals surface area (Å²) in [6, 6.07) is 8.60. The van der Waals surface area contributed by atoms with Gasteiger partial charge in [0.25, 0.3) is 6.10 Å². The minimum Gasteiger partial charge on any atom is -0.388 e. The first-order valence-electron chi connectivity index (χ1n) is 14.0. The number of alkyl halides is 10. The van der Waals surface area contributed by atoms with Crippen LogP contribution in [0.5, 0.6) is 0 Å². The fourth-order valence-electron chi connectivity index (χ4n) is 4.66. The Morgan fingerprint density at radius 3 is 1.78 bits per heavy atom. The number of fused-ring (bicyclic) bond motifs is 3. The van der Waals surface area contributed by atoms with Gasteiger partial charge in [-0.15, -0.1) is 0 Å². The van der Waals surface area contributed by atoms with Crippen molar-refractivity contribution in [2.24, 2.45) is 0 Å². The molecule has 0 aliphatic carbocycles. The summed E-state index contributed by atoms with van der Waals surface area (Å²) in [6.45, 7) is 4.83. The van der Waals surface area contributed by atoms with Gasteiger partial charge in [0.15, 0.2) is 6.86 Å². The number of benzene rings is 3. The van der Waals surface area contributed by atoms with E-state index in [0.29, 0.717) is 43.6 Å².